The van der Waals surface area contributed by atoms with Crippen LogP contribution in [0.1, 0.15) is 45.1 Å². The van der Waals surface area contributed by atoms with Crippen molar-refractivity contribution in [2.45, 2.75) is 54.8 Å². The van der Waals surface area contributed by atoms with Crippen molar-refractivity contribution in [3.8, 4) is 5.75 Å². The summed E-state index contributed by atoms with van der Waals surface area (Å²) in [5, 5.41) is 9.11. The molecular formula is C32H27Cl2F5N2O6. The first-order valence-electron chi connectivity index (χ1n) is 14.6. The number of anilines is 1. The van der Waals surface area contributed by atoms with Crippen LogP contribution in [0.25, 0.3) is 0 Å². The van der Waals surface area contributed by atoms with Gasteiger partial charge in [0.05, 0.1) is 18.4 Å². The maximum Gasteiger partial charge on any atom is 0.258 e. The van der Waals surface area contributed by atoms with Gasteiger partial charge in [-0.15, -0.1) is 23.2 Å². The van der Waals surface area contributed by atoms with Gasteiger partial charge < -0.3 is 9.84 Å². The van der Waals surface area contributed by atoms with Crippen LogP contribution < -0.4 is 9.64 Å². The van der Waals surface area contributed by atoms with Gasteiger partial charge in [-0.1, -0.05) is 23.8 Å². The van der Waals surface area contributed by atoms with E-state index in [0.717, 1.165) is 4.90 Å². The number of halogens is 7. The lowest BCUT2D eigenvalue weighted by Gasteiger charge is -2.50. The van der Waals surface area contributed by atoms with E-state index in [9.17, 15) is 32.3 Å². The highest BCUT2D eigenvalue weighted by molar-refractivity contribution is 6.58. The molecule has 6 atom stereocenters. The molecule has 0 spiro atoms. The number of fused-ring (bicyclic) bond motifs is 4. The number of benzene rings is 2. The number of rotatable bonds is 5. The molecule has 3 fully saturated rings. The van der Waals surface area contributed by atoms with E-state index in [0.29, 0.717) is 11.3 Å². The topological polar surface area (TPSA) is 104 Å². The fourth-order valence-electron chi connectivity index (χ4n) is 7.52. The molecule has 8 nitrogen and oxygen atoms in total. The number of imide groups is 2. The van der Waals surface area contributed by atoms with Crippen molar-refractivity contribution in [3.05, 3.63) is 70.6 Å². The van der Waals surface area contributed by atoms with Crippen molar-refractivity contribution >= 4 is 52.5 Å². The molecule has 4 aliphatic rings. The van der Waals surface area contributed by atoms with Crippen molar-refractivity contribution in [2.75, 3.05) is 18.1 Å². The summed E-state index contributed by atoms with van der Waals surface area (Å²) in [4.78, 5) is 51.6. The molecule has 47 heavy (non-hydrogen) atoms. The Bertz CT molecular complexity index is 1750. The Hall–Kier alpha value is -3.55. The highest BCUT2D eigenvalue weighted by Gasteiger charge is 2.77. The zero-order chi connectivity index (χ0) is 34.5. The molecule has 15 heteroatoms. The van der Waals surface area contributed by atoms with Crippen LogP contribution in [-0.2, 0) is 19.2 Å². The van der Waals surface area contributed by atoms with Gasteiger partial charge >= 0.3 is 0 Å². The molecule has 1 N–H and O–H groups in total. The molecule has 6 unspecified atom stereocenters. The van der Waals surface area contributed by atoms with Gasteiger partial charge in [0.1, 0.15) is 18.0 Å². The maximum absolute atomic E-state index is 15.1. The van der Waals surface area contributed by atoms with E-state index >= 15 is 8.78 Å². The molecule has 2 aliphatic carbocycles. The van der Waals surface area contributed by atoms with E-state index in [1.165, 1.54) is 24.3 Å². The first-order chi connectivity index (χ1) is 21.9. The van der Waals surface area contributed by atoms with Crippen LogP contribution in [0.15, 0.2) is 35.9 Å². The molecule has 1 saturated carbocycles. The average molecular weight is 701 g/mol. The van der Waals surface area contributed by atoms with Crippen molar-refractivity contribution in [2.24, 2.45) is 17.8 Å². The monoisotopic (exact) mass is 700 g/mol. The molecule has 6 rings (SSSR count). The molecule has 2 aromatic carbocycles. The summed E-state index contributed by atoms with van der Waals surface area (Å²) in [5.74, 6) is -20.3. The number of aliphatic hydroxyl groups is 1. The van der Waals surface area contributed by atoms with Crippen molar-refractivity contribution in [1.82, 2.24) is 4.90 Å². The Morgan fingerprint density at radius 2 is 1.45 bits per heavy atom. The largest absolute Gasteiger partial charge is 0.491 e. The van der Waals surface area contributed by atoms with Gasteiger partial charge in [0.2, 0.25) is 17.6 Å². The van der Waals surface area contributed by atoms with E-state index in [4.69, 9.17) is 33.0 Å². The number of carbonyl (C=O) groups excluding carboxylic acids is 4. The quantitative estimate of drug-likeness (QED) is 0.116. The first kappa shape index (κ1) is 33.4. The van der Waals surface area contributed by atoms with Gasteiger partial charge in [-0.2, -0.15) is 0 Å². The molecule has 250 valence electrons. The van der Waals surface area contributed by atoms with Gasteiger partial charge in [0.25, 0.3) is 11.8 Å². The molecule has 0 bridgehead atoms. The molecule has 2 aromatic rings. The fraction of sp³-hybridized carbons (Fsp3) is 0.438. The van der Waals surface area contributed by atoms with Gasteiger partial charge in [-0.3, -0.25) is 24.1 Å². The van der Waals surface area contributed by atoms with E-state index in [1.54, 1.807) is 26.8 Å². The third-order valence-corrected chi connectivity index (χ3v) is 10.9. The van der Waals surface area contributed by atoms with E-state index < -0.39 is 104 Å². The Morgan fingerprint density at radius 1 is 0.872 bits per heavy atom. The Morgan fingerprint density at radius 3 is 2.00 bits per heavy atom. The Labute approximate surface area is 275 Å². The number of likely N-dealkylation sites (tertiary alicyclic amines) is 1. The van der Waals surface area contributed by atoms with Crippen LogP contribution >= 0.6 is 23.2 Å². The minimum absolute atomic E-state index is 0.0480. The summed E-state index contributed by atoms with van der Waals surface area (Å²) < 4.78 is 78.3. The second-order valence-corrected chi connectivity index (χ2v) is 14.3. The van der Waals surface area contributed by atoms with E-state index in [1.807, 2.05) is 0 Å². The molecular weight excluding hydrogens is 674 g/mol. The summed E-state index contributed by atoms with van der Waals surface area (Å²) in [6.45, 7) is 4.68. The predicted molar refractivity (Wildman–Crippen MR) is 157 cm³/mol. The standard InChI is InChI=1S/C32H27Cl2F5N2O6/c1-30(2,3)41-26(43)16-9-8-15-17(18(16)27(41)44)12-31(33)28(45)40(25-23(38)21(36)20(35)22(37)24(25)39)29(46)32(31,34)19(15)13-4-6-14(7-5-13)47-11-10-42/h4-8,16-19,42H,9-12H2,1-3H3. The number of alkyl halides is 2. The summed E-state index contributed by atoms with van der Waals surface area (Å²) in [7, 11) is 0. The van der Waals surface area contributed by atoms with Crippen LogP contribution in [-0.4, -0.2) is 62.1 Å². The number of hydrogen-bond donors (Lipinski definition) is 1. The van der Waals surface area contributed by atoms with Gasteiger partial charge in [-0.25, -0.2) is 26.9 Å². The number of hydrogen-bond acceptors (Lipinski definition) is 6. The minimum atomic E-state index is -2.61. The Balaban J connectivity index is 1.56. The molecule has 0 radical (unpaired) electrons. The summed E-state index contributed by atoms with van der Waals surface area (Å²) >= 11 is 14.2. The van der Waals surface area contributed by atoms with Gasteiger partial charge in [-0.05, 0) is 57.2 Å². The SMILES string of the molecule is CC(C)(C)N1C(=O)C2CC=C3C(CC4(Cl)C(=O)N(c5c(F)c(F)c(F)c(F)c5F)C(=O)C4(Cl)C3c3ccc(OCCO)cc3)C2C1=O. The predicted octanol–water partition coefficient (Wildman–Crippen LogP) is 5.12. The summed E-state index contributed by atoms with van der Waals surface area (Å²) in [6, 6.07) is 5.86. The number of aliphatic hydroxyl groups excluding tert-OH is 1. The second kappa shape index (κ2) is 11.0. The molecule has 2 saturated heterocycles. The van der Waals surface area contributed by atoms with Gasteiger partial charge in [0.15, 0.2) is 33.0 Å². The van der Waals surface area contributed by atoms with Crippen LogP contribution in [0, 0.1) is 46.8 Å². The number of ether oxygens (including phenoxy) is 1. The minimum Gasteiger partial charge on any atom is -0.491 e. The van der Waals surface area contributed by atoms with Crippen LogP contribution in [0.2, 0.25) is 0 Å². The highest BCUT2D eigenvalue weighted by Crippen LogP contribution is 2.66. The normalized spacial score (nSPS) is 30.4. The summed E-state index contributed by atoms with van der Waals surface area (Å²) in [6.07, 6.45) is 1.10. The lowest BCUT2D eigenvalue weighted by atomic mass is 9.56. The lowest BCUT2D eigenvalue weighted by molar-refractivity contribution is -0.145. The summed E-state index contributed by atoms with van der Waals surface area (Å²) in [5.41, 5.74) is -2.17. The molecule has 4 amide bonds. The van der Waals surface area contributed by atoms with Crippen molar-refractivity contribution < 1.29 is 51.0 Å². The second-order valence-electron chi connectivity index (χ2n) is 13.0. The van der Waals surface area contributed by atoms with Crippen LogP contribution in [0.5, 0.6) is 5.75 Å². The van der Waals surface area contributed by atoms with Crippen molar-refractivity contribution in [3.63, 3.8) is 0 Å². The molecule has 2 aliphatic heterocycles. The third kappa shape index (κ3) is 4.41. The number of amides is 4. The Kier molecular flexibility index (Phi) is 7.80. The van der Waals surface area contributed by atoms with Crippen LogP contribution in [0.3, 0.4) is 0 Å². The molecule has 0 aromatic heterocycles. The zero-order valence-corrected chi connectivity index (χ0v) is 26.6. The zero-order valence-electron chi connectivity index (χ0n) is 25.1. The third-order valence-electron chi connectivity index (χ3n) is 9.47. The fourth-order valence-corrected chi connectivity index (χ4v) is 8.46. The lowest BCUT2D eigenvalue weighted by Crippen LogP contribution is -2.60. The van der Waals surface area contributed by atoms with Crippen LogP contribution in [0.4, 0.5) is 27.6 Å². The number of carbonyl (C=O) groups is 4. The number of nitrogens with zero attached hydrogens (tertiary/aromatic N) is 2. The highest BCUT2D eigenvalue weighted by atomic mass is 35.5. The first-order valence-corrected chi connectivity index (χ1v) is 15.4. The van der Waals surface area contributed by atoms with Gasteiger partial charge in [0, 0.05) is 11.5 Å². The van der Waals surface area contributed by atoms with E-state index in [-0.39, 0.29) is 30.1 Å². The number of allylic oxidation sites excluding steroid dienone is 2. The average Bonchev–Trinajstić information content (AvgIpc) is 3.37. The molecule has 2 heterocycles. The maximum atomic E-state index is 15.1. The van der Waals surface area contributed by atoms with Crippen molar-refractivity contribution in [1.29, 1.82) is 0 Å². The van der Waals surface area contributed by atoms with E-state index in [2.05, 4.69) is 0 Å². The smallest absolute Gasteiger partial charge is 0.258 e.